The molecule has 1 saturated carbocycles. The first-order valence-electron chi connectivity index (χ1n) is 13.0. The van der Waals surface area contributed by atoms with Gasteiger partial charge in [0, 0.05) is 29.5 Å². The normalized spacial score (nSPS) is 22.2. The minimum absolute atomic E-state index is 0.0945. The molecule has 6 rings (SSSR count). The van der Waals surface area contributed by atoms with Crippen molar-refractivity contribution in [3.63, 3.8) is 0 Å². The molecule has 3 heterocycles. The number of aromatic nitrogens is 1. The second-order valence-electron chi connectivity index (χ2n) is 10.4. The van der Waals surface area contributed by atoms with Crippen molar-refractivity contribution in [1.82, 2.24) is 14.2 Å². The smallest absolute Gasteiger partial charge is 0.326 e. The monoisotopic (exact) mass is 535 g/mol. The summed E-state index contributed by atoms with van der Waals surface area (Å²) in [5, 5.41) is 12.6. The summed E-state index contributed by atoms with van der Waals surface area (Å²) < 4.78 is 30.7. The van der Waals surface area contributed by atoms with Crippen molar-refractivity contribution in [3.05, 3.63) is 83.7 Å². The van der Waals surface area contributed by atoms with Crippen LogP contribution in [0, 0.1) is 19.8 Å². The predicted molar refractivity (Wildman–Crippen MR) is 144 cm³/mol. The number of carbonyl (C=O) groups is 2. The first kappa shape index (κ1) is 26.2. The van der Waals surface area contributed by atoms with E-state index in [1.54, 1.807) is 18.2 Å². The topological polar surface area (TPSA) is 109 Å². The van der Waals surface area contributed by atoms with E-state index in [2.05, 4.69) is 9.88 Å². The Morgan fingerprint density at radius 2 is 1.53 bits per heavy atom. The number of aliphatic carboxylic acids is 1. The number of amides is 1. The van der Waals surface area contributed by atoms with Gasteiger partial charge in [0.2, 0.25) is 15.9 Å². The van der Waals surface area contributed by atoms with Crippen LogP contribution in [0.3, 0.4) is 0 Å². The summed E-state index contributed by atoms with van der Waals surface area (Å²) in [6, 6.07) is 17.5. The van der Waals surface area contributed by atoms with Gasteiger partial charge in [-0.25, -0.2) is 13.2 Å². The molecule has 2 bridgehead atoms. The number of hydrogen-bond donors (Lipinski definition) is 2. The lowest BCUT2D eigenvalue weighted by Gasteiger charge is -2.49. The van der Waals surface area contributed by atoms with Crippen LogP contribution in [0.1, 0.15) is 42.6 Å². The summed E-state index contributed by atoms with van der Waals surface area (Å²) >= 11 is 0. The Labute approximate surface area is 223 Å². The molecule has 2 N–H and O–H groups in total. The van der Waals surface area contributed by atoms with E-state index >= 15 is 0 Å². The third kappa shape index (κ3) is 4.88. The molecule has 2 atom stereocenters. The van der Waals surface area contributed by atoms with Crippen LogP contribution in [0.2, 0.25) is 0 Å². The molecular weight excluding hydrogens is 502 g/mol. The average Bonchev–Trinajstić information content (AvgIpc) is 3.26. The lowest BCUT2D eigenvalue weighted by molar-refractivity contribution is -0.143. The van der Waals surface area contributed by atoms with Gasteiger partial charge >= 0.3 is 5.97 Å². The minimum atomic E-state index is -3.91. The number of aryl methyl sites for hydroxylation is 2. The van der Waals surface area contributed by atoms with E-state index < -0.39 is 34.0 Å². The number of benzene rings is 2. The van der Waals surface area contributed by atoms with E-state index in [0.717, 1.165) is 35.5 Å². The van der Waals surface area contributed by atoms with E-state index in [-0.39, 0.29) is 23.3 Å². The molecule has 2 unspecified atom stereocenters. The zero-order valence-electron chi connectivity index (χ0n) is 21.6. The molecule has 0 spiro atoms. The Morgan fingerprint density at radius 3 is 2.11 bits per heavy atom. The van der Waals surface area contributed by atoms with Gasteiger partial charge in [0.1, 0.15) is 12.1 Å². The van der Waals surface area contributed by atoms with Crippen LogP contribution in [0.25, 0.3) is 5.69 Å². The Morgan fingerprint density at radius 1 is 0.921 bits per heavy atom. The van der Waals surface area contributed by atoms with E-state index in [1.807, 2.05) is 50.2 Å². The van der Waals surface area contributed by atoms with Crippen LogP contribution in [0.15, 0.2) is 71.6 Å². The molecule has 9 heteroatoms. The quantitative estimate of drug-likeness (QED) is 0.456. The van der Waals surface area contributed by atoms with Gasteiger partial charge in [0.15, 0.2) is 0 Å². The highest BCUT2D eigenvalue weighted by Crippen LogP contribution is 2.42. The van der Waals surface area contributed by atoms with Crippen molar-refractivity contribution < 1.29 is 23.1 Å². The van der Waals surface area contributed by atoms with Crippen molar-refractivity contribution in [2.45, 2.75) is 69.0 Å². The Balaban J connectivity index is 1.36. The first-order valence-corrected chi connectivity index (χ1v) is 14.5. The summed E-state index contributed by atoms with van der Waals surface area (Å²) in [6.07, 6.45) is 3.00. The molecule has 3 fully saturated rings. The Kier molecular flexibility index (Phi) is 7.15. The predicted octanol–water partition coefficient (Wildman–Crippen LogP) is 3.84. The number of sulfonamides is 1. The van der Waals surface area contributed by atoms with E-state index in [4.69, 9.17) is 0 Å². The molecule has 2 aliphatic heterocycles. The summed E-state index contributed by atoms with van der Waals surface area (Å²) in [6.45, 7) is 4.05. The van der Waals surface area contributed by atoms with Gasteiger partial charge in [-0.15, -0.1) is 0 Å². The highest BCUT2D eigenvalue weighted by molar-refractivity contribution is 7.89. The van der Waals surface area contributed by atoms with Crippen molar-refractivity contribution in [3.8, 4) is 5.69 Å². The molecule has 0 radical (unpaired) electrons. The van der Waals surface area contributed by atoms with Gasteiger partial charge in [0.05, 0.1) is 4.90 Å². The minimum Gasteiger partial charge on any atom is -0.480 e. The third-order valence-electron chi connectivity index (χ3n) is 7.93. The first-order chi connectivity index (χ1) is 18.2. The summed E-state index contributed by atoms with van der Waals surface area (Å²) in [7, 11) is -3.91. The number of rotatable bonds is 8. The molecule has 38 heavy (non-hydrogen) atoms. The maximum absolute atomic E-state index is 13.6. The summed E-state index contributed by atoms with van der Waals surface area (Å²) in [5.74, 6) is -1.83. The van der Waals surface area contributed by atoms with Crippen LogP contribution in [-0.4, -0.2) is 52.4 Å². The van der Waals surface area contributed by atoms with E-state index in [1.165, 1.54) is 16.4 Å². The van der Waals surface area contributed by atoms with Crippen LogP contribution >= 0.6 is 0 Å². The Hall–Kier alpha value is -3.43. The highest BCUT2D eigenvalue weighted by atomic mass is 32.2. The average molecular weight is 536 g/mol. The summed E-state index contributed by atoms with van der Waals surface area (Å²) in [4.78, 5) is 25.9. The second kappa shape index (κ2) is 10.4. The highest BCUT2D eigenvalue weighted by Gasteiger charge is 2.51. The number of nitrogens with one attached hydrogen (secondary N) is 1. The molecule has 3 aromatic rings. The molecule has 2 aromatic carbocycles. The van der Waals surface area contributed by atoms with Gasteiger partial charge in [0.25, 0.3) is 0 Å². The molecule has 2 saturated heterocycles. The fraction of sp³-hybridized carbons (Fsp3) is 0.379. The lowest BCUT2D eigenvalue weighted by Crippen LogP contribution is -2.63. The van der Waals surface area contributed by atoms with Gasteiger partial charge in [-0.1, -0.05) is 30.3 Å². The number of hydrogen-bond acceptors (Lipinski definition) is 4. The SMILES string of the molecule is Cc1ccc(C)n1-c1ccc(CC(NC(=O)C2C3CCC(CC3)N2S(=O)(=O)c2ccccc2)C(=O)O)cc1. The van der Waals surface area contributed by atoms with Gasteiger partial charge in [-0.3, -0.25) is 4.79 Å². The van der Waals surface area contributed by atoms with E-state index in [0.29, 0.717) is 12.8 Å². The largest absolute Gasteiger partial charge is 0.480 e. The van der Waals surface area contributed by atoms with Crippen molar-refractivity contribution in [2.24, 2.45) is 5.92 Å². The second-order valence-corrected chi connectivity index (χ2v) is 12.2. The van der Waals surface area contributed by atoms with Gasteiger partial charge < -0.3 is 15.0 Å². The fourth-order valence-electron chi connectivity index (χ4n) is 6.05. The number of carboxylic acid groups (broad SMARTS) is 1. The lowest BCUT2D eigenvalue weighted by atomic mass is 9.76. The maximum Gasteiger partial charge on any atom is 0.326 e. The molecule has 1 aromatic heterocycles. The standard InChI is InChI=1S/C29H33N3O5S/c1-19-8-9-20(2)31(19)23-14-10-21(11-15-23)18-26(29(34)35)30-28(33)27-22-12-16-24(17-13-22)32(27)38(36,37)25-6-4-3-5-7-25/h3-11,14-15,22,24,26-27H,12-13,16-18H2,1-2H3,(H,30,33)(H,34,35). The van der Waals surface area contributed by atoms with Crippen molar-refractivity contribution in [1.29, 1.82) is 0 Å². The Bertz CT molecular complexity index is 1410. The van der Waals surface area contributed by atoms with Crippen LogP contribution in [-0.2, 0) is 26.0 Å². The molecule has 8 nitrogen and oxygen atoms in total. The molecule has 200 valence electrons. The van der Waals surface area contributed by atoms with Crippen molar-refractivity contribution >= 4 is 21.9 Å². The van der Waals surface area contributed by atoms with E-state index in [9.17, 15) is 23.1 Å². The number of piperidine rings is 2. The molecule has 3 aliphatic rings. The number of carbonyl (C=O) groups excluding carboxylic acids is 1. The zero-order valence-corrected chi connectivity index (χ0v) is 22.4. The number of fused-ring (bicyclic) bond motifs is 3. The number of nitrogens with zero attached hydrogens (tertiary/aromatic N) is 2. The number of carboxylic acids is 1. The molecule has 1 aliphatic carbocycles. The molecule has 1 amide bonds. The fourth-order valence-corrected chi connectivity index (χ4v) is 7.96. The summed E-state index contributed by atoms with van der Waals surface area (Å²) in [5.41, 5.74) is 3.94. The van der Waals surface area contributed by atoms with Gasteiger partial charge in [-0.05, 0) is 87.4 Å². The maximum atomic E-state index is 13.6. The van der Waals surface area contributed by atoms with Gasteiger partial charge in [-0.2, -0.15) is 4.31 Å². The van der Waals surface area contributed by atoms with Crippen LogP contribution in [0.4, 0.5) is 0 Å². The third-order valence-corrected chi connectivity index (χ3v) is 9.88. The zero-order chi connectivity index (χ0) is 27.0. The van der Waals surface area contributed by atoms with Crippen LogP contribution in [0.5, 0.6) is 0 Å². The van der Waals surface area contributed by atoms with Crippen LogP contribution < -0.4 is 5.32 Å². The van der Waals surface area contributed by atoms with Crippen molar-refractivity contribution in [2.75, 3.05) is 0 Å². The molecular formula is C29H33N3O5S.